The molecule has 3 rings (SSSR count). The summed E-state index contributed by atoms with van der Waals surface area (Å²) in [4.78, 5) is 12.3. The number of aromatic carboxylic acids is 1. The van der Waals surface area contributed by atoms with E-state index in [0.29, 0.717) is 17.3 Å². The van der Waals surface area contributed by atoms with Crippen LogP contribution in [0.3, 0.4) is 0 Å². The first-order valence-corrected chi connectivity index (χ1v) is 9.21. The number of hydrogen-bond acceptors (Lipinski definition) is 5. The minimum Gasteiger partial charge on any atom is -0.496 e. The summed E-state index contributed by atoms with van der Waals surface area (Å²) in [5.74, 6) is 0.992. The van der Waals surface area contributed by atoms with Gasteiger partial charge in [0, 0.05) is 29.1 Å². The average molecular weight is 371 g/mol. The zero-order valence-electron chi connectivity index (χ0n) is 14.7. The number of anilines is 1. The highest BCUT2D eigenvalue weighted by Crippen LogP contribution is 2.33. The molecule has 0 saturated heterocycles. The molecule has 1 aromatic heterocycles. The molecular formula is C20H21NO4S. The van der Waals surface area contributed by atoms with Crippen LogP contribution in [0.15, 0.2) is 48.7 Å². The van der Waals surface area contributed by atoms with Gasteiger partial charge in [0.05, 0.1) is 18.9 Å². The van der Waals surface area contributed by atoms with Gasteiger partial charge < -0.3 is 19.9 Å². The van der Waals surface area contributed by atoms with Crippen molar-refractivity contribution in [2.75, 3.05) is 12.4 Å². The molecule has 136 valence electrons. The highest BCUT2D eigenvalue weighted by Gasteiger charge is 2.15. The highest BCUT2D eigenvalue weighted by molar-refractivity contribution is 7.13. The van der Waals surface area contributed by atoms with E-state index in [2.05, 4.69) is 18.3 Å². The lowest BCUT2D eigenvalue weighted by molar-refractivity contribution is 0.0702. The van der Waals surface area contributed by atoms with Crippen LogP contribution in [-0.2, 0) is 11.3 Å². The lowest BCUT2D eigenvalue weighted by Crippen LogP contribution is -2.03. The molecule has 6 heteroatoms. The Morgan fingerprint density at radius 1 is 1.35 bits per heavy atom. The van der Waals surface area contributed by atoms with Gasteiger partial charge in [-0.1, -0.05) is 6.92 Å². The van der Waals surface area contributed by atoms with Crippen LogP contribution in [0.4, 0.5) is 5.69 Å². The molecular weight excluding hydrogens is 350 g/mol. The SMILES string of the molecule is CCC1C=COC(c2ccc(NCc3ccc(C(=O)O)s3)cc2OC)=C1. The lowest BCUT2D eigenvalue weighted by Gasteiger charge is -2.18. The van der Waals surface area contributed by atoms with Gasteiger partial charge in [-0.05, 0) is 42.8 Å². The molecule has 1 aliphatic rings. The third-order valence-electron chi connectivity index (χ3n) is 4.16. The molecule has 2 aromatic rings. The van der Waals surface area contributed by atoms with Crippen molar-refractivity contribution in [1.82, 2.24) is 0 Å². The van der Waals surface area contributed by atoms with Crippen molar-refractivity contribution < 1.29 is 19.4 Å². The van der Waals surface area contributed by atoms with E-state index in [-0.39, 0.29) is 0 Å². The van der Waals surface area contributed by atoms with E-state index < -0.39 is 5.97 Å². The largest absolute Gasteiger partial charge is 0.496 e. The molecule has 26 heavy (non-hydrogen) atoms. The molecule has 5 nitrogen and oxygen atoms in total. The van der Waals surface area contributed by atoms with Crippen molar-refractivity contribution in [3.63, 3.8) is 0 Å². The Morgan fingerprint density at radius 3 is 2.88 bits per heavy atom. The third-order valence-corrected chi connectivity index (χ3v) is 5.24. The second-order valence-electron chi connectivity index (χ2n) is 5.89. The van der Waals surface area contributed by atoms with Gasteiger partial charge in [0.15, 0.2) is 0 Å². The van der Waals surface area contributed by atoms with Gasteiger partial charge in [0.25, 0.3) is 0 Å². The molecule has 1 aliphatic heterocycles. The van der Waals surface area contributed by atoms with E-state index in [0.717, 1.165) is 34.1 Å². The monoisotopic (exact) mass is 371 g/mol. The van der Waals surface area contributed by atoms with Crippen LogP contribution in [0.25, 0.3) is 5.76 Å². The predicted molar refractivity (Wildman–Crippen MR) is 104 cm³/mol. The lowest BCUT2D eigenvalue weighted by atomic mass is 10.0. The Hall–Kier alpha value is -2.73. The molecule has 1 aromatic carbocycles. The molecule has 0 saturated carbocycles. The summed E-state index contributed by atoms with van der Waals surface area (Å²) in [6, 6.07) is 9.30. The van der Waals surface area contributed by atoms with E-state index in [9.17, 15) is 4.79 Å². The first-order valence-electron chi connectivity index (χ1n) is 8.40. The van der Waals surface area contributed by atoms with Crippen LogP contribution in [0.2, 0.25) is 0 Å². The van der Waals surface area contributed by atoms with E-state index >= 15 is 0 Å². The molecule has 0 bridgehead atoms. The molecule has 2 N–H and O–H groups in total. The number of rotatable bonds is 7. The maximum absolute atomic E-state index is 11.0. The summed E-state index contributed by atoms with van der Waals surface area (Å²) in [6.45, 7) is 2.69. The van der Waals surface area contributed by atoms with Crippen molar-refractivity contribution >= 4 is 28.8 Å². The van der Waals surface area contributed by atoms with Crippen LogP contribution in [0.1, 0.15) is 33.5 Å². The highest BCUT2D eigenvalue weighted by atomic mass is 32.1. The first kappa shape index (κ1) is 18.1. The number of ether oxygens (including phenoxy) is 2. The van der Waals surface area contributed by atoms with E-state index in [4.69, 9.17) is 14.6 Å². The molecule has 0 radical (unpaired) electrons. The fraction of sp³-hybridized carbons (Fsp3) is 0.250. The van der Waals surface area contributed by atoms with Crippen LogP contribution < -0.4 is 10.1 Å². The number of carboxylic acid groups (broad SMARTS) is 1. The summed E-state index contributed by atoms with van der Waals surface area (Å²) in [6.07, 6.45) is 6.89. The summed E-state index contributed by atoms with van der Waals surface area (Å²) in [7, 11) is 1.64. The zero-order chi connectivity index (χ0) is 18.5. The van der Waals surface area contributed by atoms with Crippen molar-refractivity contribution in [2.45, 2.75) is 19.9 Å². The van der Waals surface area contributed by atoms with Gasteiger partial charge >= 0.3 is 5.97 Å². The van der Waals surface area contributed by atoms with Crippen molar-refractivity contribution in [1.29, 1.82) is 0 Å². The Morgan fingerprint density at radius 2 is 2.19 bits per heavy atom. The van der Waals surface area contributed by atoms with Crippen molar-refractivity contribution in [3.8, 4) is 5.75 Å². The fourth-order valence-corrected chi connectivity index (χ4v) is 3.48. The average Bonchev–Trinajstić information content (AvgIpc) is 3.15. The molecule has 0 spiro atoms. The predicted octanol–water partition coefficient (Wildman–Crippen LogP) is 4.98. The number of carbonyl (C=O) groups is 1. The normalized spacial score (nSPS) is 15.9. The Labute approximate surface area is 156 Å². The molecule has 1 atom stereocenters. The van der Waals surface area contributed by atoms with Gasteiger partial charge in [0.1, 0.15) is 16.4 Å². The smallest absolute Gasteiger partial charge is 0.345 e. The van der Waals surface area contributed by atoms with Gasteiger partial charge in [-0.25, -0.2) is 4.79 Å². The Balaban J connectivity index is 1.74. The topological polar surface area (TPSA) is 67.8 Å². The standard InChI is InChI=1S/C20H21NO4S/c1-3-13-8-9-25-18(10-13)16-6-4-14(11-17(16)24-2)21-12-15-5-7-19(26-15)20(22)23/h4-11,13,21H,3,12H2,1-2H3,(H,22,23). The van der Waals surface area contributed by atoms with E-state index in [1.807, 2.05) is 30.3 Å². The van der Waals surface area contributed by atoms with Crippen molar-refractivity contribution in [3.05, 3.63) is 64.1 Å². The molecule has 0 aliphatic carbocycles. The maximum atomic E-state index is 11.0. The minimum absolute atomic E-state index is 0.342. The summed E-state index contributed by atoms with van der Waals surface area (Å²) in [5.41, 5.74) is 1.81. The number of methoxy groups -OCH3 is 1. The van der Waals surface area contributed by atoms with Gasteiger partial charge in [-0.15, -0.1) is 11.3 Å². The van der Waals surface area contributed by atoms with Gasteiger partial charge in [-0.3, -0.25) is 0 Å². The Kier molecular flexibility index (Phi) is 5.63. The summed E-state index contributed by atoms with van der Waals surface area (Å²) >= 11 is 1.27. The van der Waals surface area contributed by atoms with Crippen LogP contribution in [0.5, 0.6) is 5.75 Å². The molecule has 0 fully saturated rings. The summed E-state index contributed by atoms with van der Waals surface area (Å²) < 4.78 is 11.2. The Bertz CT molecular complexity index is 853. The second-order valence-corrected chi connectivity index (χ2v) is 7.06. The van der Waals surface area contributed by atoms with Crippen LogP contribution in [0, 0.1) is 5.92 Å². The van der Waals surface area contributed by atoms with Crippen molar-refractivity contribution in [2.24, 2.45) is 5.92 Å². The number of thiophene rings is 1. The van der Waals surface area contributed by atoms with Gasteiger partial charge in [-0.2, -0.15) is 0 Å². The second kappa shape index (κ2) is 8.10. The number of hydrogen-bond donors (Lipinski definition) is 2. The molecule has 0 amide bonds. The molecule has 1 unspecified atom stereocenters. The maximum Gasteiger partial charge on any atom is 0.345 e. The third kappa shape index (κ3) is 4.08. The zero-order valence-corrected chi connectivity index (χ0v) is 15.5. The van der Waals surface area contributed by atoms with E-state index in [1.54, 1.807) is 19.4 Å². The number of nitrogens with one attached hydrogen (secondary N) is 1. The van der Waals surface area contributed by atoms with E-state index in [1.165, 1.54) is 11.3 Å². The number of benzene rings is 1. The fourth-order valence-electron chi connectivity index (χ4n) is 2.69. The van der Waals surface area contributed by atoms with Crippen LogP contribution >= 0.6 is 11.3 Å². The minimum atomic E-state index is -0.896. The molecule has 2 heterocycles. The summed E-state index contributed by atoms with van der Waals surface area (Å²) in [5, 5.41) is 12.3. The number of allylic oxidation sites excluding steroid dienone is 2. The van der Waals surface area contributed by atoms with Crippen LogP contribution in [-0.4, -0.2) is 18.2 Å². The van der Waals surface area contributed by atoms with Gasteiger partial charge in [0.2, 0.25) is 0 Å². The number of carboxylic acids is 1. The first-order chi connectivity index (χ1) is 12.6. The quantitative estimate of drug-likeness (QED) is 0.719.